The Hall–Kier alpha value is -5.93. The highest BCUT2D eigenvalue weighted by Crippen LogP contribution is 2.48. The van der Waals surface area contributed by atoms with E-state index in [1.54, 1.807) is 0 Å². The molecule has 0 radical (unpaired) electrons. The van der Waals surface area contributed by atoms with Crippen LogP contribution < -0.4 is 4.57 Å². The number of pyridine rings is 1. The van der Waals surface area contributed by atoms with Crippen LogP contribution in [0.5, 0.6) is 0 Å². The van der Waals surface area contributed by atoms with Gasteiger partial charge in [-0.25, -0.2) is 0 Å². The first-order chi connectivity index (χ1) is 26.4. The van der Waals surface area contributed by atoms with Crippen LogP contribution >= 0.6 is 0 Å². The molecular weight excluding hydrogens is 655 g/mol. The van der Waals surface area contributed by atoms with Crippen molar-refractivity contribution in [3.05, 3.63) is 162 Å². The van der Waals surface area contributed by atoms with E-state index in [1.165, 1.54) is 94.1 Å². The molecule has 6 aromatic carbocycles. The number of fused-ring (bicyclic) bond motifs is 9. The van der Waals surface area contributed by atoms with Crippen molar-refractivity contribution in [2.45, 2.75) is 65.3 Å². The van der Waals surface area contributed by atoms with E-state index >= 15 is 0 Å². The van der Waals surface area contributed by atoms with Crippen molar-refractivity contribution in [2.75, 3.05) is 0 Å². The van der Waals surface area contributed by atoms with Gasteiger partial charge in [0.1, 0.15) is 0 Å². The maximum absolute atomic E-state index is 2.61. The van der Waals surface area contributed by atoms with Crippen molar-refractivity contribution in [3.8, 4) is 33.8 Å². The zero-order chi connectivity index (χ0) is 36.7. The summed E-state index contributed by atoms with van der Waals surface area (Å²) in [5.74, 6) is 0.447. The quantitative estimate of drug-likeness (QED) is 0.153. The van der Waals surface area contributed by atoms with E-state index in [-0.39, 0.29) is 5.54 Å². The SMILES string of the molecule is CCC1c2ccc(-n3c4ccc(C)cc4c4cc5c6cc(-c7ccccc7)ccc6n(-c6ccc(C)cc6)c5cc43)cc2-c2cccc[n+]2C1(CC)CC. The maximum Gasteiger partial charge on any atom is 0.213 e. The second-order valence-electron chi connectivity index (χ2n) is 15.5. The van der Waals surface area contributed by atoms with Crippen LogP contribution in [-0.4, -0.2) is 9.13 Å². The first-order valence-electron chi connectivity index (χ1n) is 19.8. The highest BCUT2D eigenvalue weighted by atomic mass is 15.1. The topological polar surface area (TPSA) is 13.7 Å². The Bertz CT molecular complexity index is 2900. The van der Waals surface area contributed by atoms with Gasteiger partial charge in [0.05, 0.1) is 27.6 Å². The lowest BCUT2D eigenvalue weighted by Crippen LogP contribution is -2.62. The fourth-order valence-electron chi connectivity index (χ4n) is 10.1. The van der Waals surface area contributed by atoms with Gasteiger partial charge in [-0.15, -0.1) is 0 Å². The average molecular weight is 701 g/mol. The summed E-state index contributed by atoms with van der Waals surface area (Å²) in [7, 11) is 0. The molecule has 0 saturated carbocycles. The summed E-state index contributed by atoms with van der Waals surface area (Å²) in [6.45, 7) is 11.5. The highest BCUT2D eigenvalue weighted by molar-refractivity contribution is 6.19. The van der Waals surface area contributed by atoms with Gasteiger partial charge in [-0.1, -0.05) is 92.6 Å². The Balaban J connectivity index is 1.29. The van der Waals surface area contributed by atoms with Crippen LogP contribution in [0.3, 0.4) is 0 Å². The third-order valence-electron chi connectivity index (χ3n) is 12.8. The predicted molar refractivity (Wildman–Crippen MR) is 227 cm³/mol. The molecule has 264 valence electrons. The Morgan fingerprint density at radius 2 is 1.15 bits per heavy atom. The summed E-state index contributed by atoms with van der Waals surface area (Å²) in [5, 5.41) is 5.11. The summed E-state index contributed by atoms with van der Waals surface area (Å²) in [6, 6.07) is 52.7. The number of nitrogens with zero attached hydrogens (tertiary/aromatic N) is 3. The molecule has 1 atom stereocenters. The Labute approximate surface area is 317 Å². The number of rotatable bonds is 6. The summed E-state index contributed by atoms with van der Waals surface area (Å²) >= 11 is 0. The van der Waals surface area contributed by atoms with Crippen molar-refractivity contribution in [1.29, 1.82) is 0 Å². The molecule has 0 N–H and O–H groups in total. The molecule has 3 nitrogen and oxygen atoms in total. The molecule has 10 rings (SSSR count). The molecule has 0 amide bonds. The van der Waals surface area contributed by atoms with Gasteiger partial charge in [0, 0.05) is 63.8 Å². The summed E-state index contributed by atoms with van der Waals surface area (Å²) in [6.07, 6.45) is 5.65. The van der Waals surface area contributed by atoms with E-state index in [2.05, 4.69) is 194 Å². The molecule has 3 aromatic heterocycles. The van der Waals surface area contributed by atoms with Crippen LogP contribution in [0, 0.1) is 13.8 Å². The van der Waals surface area contributed by atoms with Crippen molar-refractivity contribution < 1.29 is 4.57 Å². The van der Waals surface area contributed by atoms with Crippen LogP contribution in [-0.2, 0) is 5.54 Å². The monoisotopic (exact) mass is 700 g/mol. The summed E-state index contributed by atoms with van der Waals surface area (Å²) < 4.78 is 7.59. The highest BCUT2D eigenvalue weighted by Gasteiger charge is 2.50. The lowest BCUT2D eigenvalue weighted by atomic mass is 9.69. The standard InChI is InChI=1S/C51H46N3/c1-6-45-39-24-23-38(30-42(39)46-16-12-13-27-52(46)51(45,7-2)8-3)54-47-25-19-34(5)28-40(47)43-31-44-41-29-36(35-14-10-9-11-15-35)20-26-48(41)53(49(44)32-50(43)54)37-21-17-33(4)18-22-37/h9-32,45H,6-8H2,1-5H3/q+1. The summed E-state index contributed by atoms with van der Waals surface area (Å²) in [5.41, 5.74) is 16.5. The minimum Gasteiger partial charge on any atom is -0.309 e. The Kier molecular flexibility index (Phi) is 7.46. The van der Waals surface area contributed by atoms with E-state index in [9.17, 15) is 0 Å². The first kappa shape index (κ1) is 32.7. The third-order valence-corrected chi connectivity index (χ3v) is 12.8. The molecule has 54 heavy (non-hydrogen) atoms. The minimum atomic E-state index is 0.0691. The summed E-state index contributed by atoms with van der Waals surface area (Å²) in [4.78, 5) is 0. The molecule has 3 heteroatoms. The van der Waals surface area contributed by atoms with E-state index in [1.807, 2.05) is 0 Å². The van der Waals surface area contributed by atoms with Gasteiger partial charge in [0.2, 0.25) is 5.69 Å². The van der Waals surface area contributed by atoms with Gasteiger partial charge < -0.3 is 9.13 Å². The zero-order valence-corrected chi connectivity index (χ0v) is 31.9. The van der Waals surface area contributed by atoms with Gasteiger partial charge in [0.25, 0.3) is 0 Å². The average Bonchev–Trinajstić information content (AvgIpc) is 3.70. The number of aryl methyl sites for hydroxylation is 2. The smallest absolute Gasteiger partial charge is 0.213 e. The number of hydrogen-bond donors (Lipinski definition) is 0. The molecule has 1 unspecified atom stereocenters. The van der Waals surface area contributed by atoms with E-state index in [4.69, 9.17) is 0 Å². The van der Waals surface area contributed by atoms with Crippen molar-refractivity contribution in [2.24, 2.45) is 0 Å². The molecule has 0 bridgehead atoms. The van der Waals surface area contributed by atoms with E-state index in [0.29, 0.717) is 5.92 Å². The lowest BCUT2D eigenvalue weighted by Gasteiger charge is -2.39. The second-order valence-corrected chi connectivity index (χ2v) is 15.5. The molecule has 0 spiro atoms. The molecular formula is C51H46N3+. The second kappa shape index (κ2) is 12.3. The number of hydrogen-bond acceptors (Lipinski definition) is 0. The first-order valence-corrected chi connectivity index (χ1v) is 19.8. The van der Waals surface area contributed by atoms with Crippen LogP contribution in [0.2, 0.25) is 0 Å². The van der Waals surface area contributed by atoms with Crippen LogP contribution in [0.1, 0.15) is 62.6 Å². The van der Waals surface area contributed by atoms with Gasteiger partial charge in [-0.05, 0) is 104 Å². The van der Waals surface area contributed by atoms with E-state index in [0.717, 1.165) is 19.3 Å². The molecule has 0 aliphatic carbocycles. The maximum atomic E-state index is 2.61. The largest absolute Gasteiger partial charge is 0.309 e. The van der Waals surface area contributed by atoms with Crippen molar-refractivity contribution >= 4 is 43.6 Å². The van der Waals surface area contributed by atoms with Crippen LogP contribution in [0.15, 0.2) is 146 Å². The number of benzene rings is 6. The van der Waals surface area contributed by atoms with Crippen LogP contribution in [0.25, 0.3) is 77.4 Å². The normalized spacial score (nSPS) is 14.9. The fraction of sp³-hybridized carbons (Fsp3) is 0.196. The van der Waals surface area contributed by atoms with E-state index < -0.39 is 0 Å². The van der Waals surface area contributed by atoms with Crippen LogP contribution in [0.4, 0.5) is 0 Å². The zero-order valence-electron chi connectivity index (χ0n) is 31.9. The third kappa shape index (κ3) is 4.64. The Morgan fingerprint density at radius 3 is 1.87 bits per heavy atom. The lowest BCUT2D eigenvalue weighted by molar-refractivity contribution is -0.762. The fourth-order valence-corrected chi connectivity index (χ4v) is 10.1. The molecule has 1 aliphatic rings. The molecule has 1 aliphatic heterocycles. The van der Waals surface area contributed by atoms with Gasteiger partial charge >= 0.3 is 0 Å². The molecule has 0 saturated heterocycles. The molecule has 4 heterocycles. The van der Waals surface area contributed by atoms with Gasteiger partial charge in [-0.2, -0.15) is 4.57 Å². The number of aromatic nitrogens is 3. The van der Waals surface area contributed by atoms with Gasteiger partial charge in [-0.3, -0.25) is 0 Å². The minimum absolute atomic E-state index is 0.0691. The van der Waals surface area contributed by atoms with Gasteiger partial charge in [0.15, 0.2) is 11.7 Å². The predicted octanol–water partition coefficient (Wildman–Crippen LogP) is 13.1. The molecule has 0 fully saturated rings. The Morgan fingerprint density at radius 1 is 0.519 bits per heavy atom. The van der Waals surface area contributed by atoms with Crippen molar-refractivity contribution in [1.82, 2.24) is 9.13 Å². The molecule has 9 aromatic rings. The van der Waals surface area contributed by atoms with Crippen molar-refractivity contribution in [3.63, 3.8) is 0 Å².